The highest BCUT2D eigenvalue weighted by Crippen LogP contribution is 2.25. The van der Waals surface area contributed by atoms with Gasteiger partial charge in [-0.1, -0.05) is 34.8 Å². The van der Waals surface area contributed by atoms with Gasteiger partial charge in [0.1, 0.15) is 5.15 Å². The summed E-state index contributed by atoms with van der Waals surface area (Å²) in [6, 6.07) is 6.85. The molecule has 0 aliphatic carbocycles. The molecule has 0 saturated carbocycles. The second kappa shape index (κ2) is 4.58. The maximum Gasteiger partial charge on any atom is 0.161 e. The Hall–Kier alpha value is -0.830. The Morgan fingerprint density at radius 1 is 0.875 bits per heavy atom. The third-order valence-electron chi connectivity index (χ3n) is 1.94. The quantitative estimate of drug-likeness (QED) is 0.719. The Morgan fingerprint density at radius 2 is 1.50 bits per heavy atom. The SMILES string of the molecule is Cc1cc(Cl)nc(-c2cc(Cl)cc(Cl)c2)n1. The van der Waals surface area contributed by atoms with Crippen LogP contribution in [0.2, 0.25) is 15.2 Å². The molecule has 82 valence electrons. The molecule has 16 heavy (non-hydrogen) atoms. The molecule has 1 aromatic carbocycles. The average Bonchev–Trinajstić information content (AvgIpc) is 2.14. The van der Waals surface area contributed by atoms with Crippen LogP contribution in [0.25, 0.3) is 11.4 Å². The van der Waals surface area contributed by atoms with Gasteiger partial charge in [-0.15, -0.1) is 0 Å². The average molecular weight is 274 g/mol. The molecule has 0 amide bonds. The van der Waals surface area contributed by atoms with Gasteiger partial charge in [-0.3, -0.25) is 0 Å². The molecule has 5 heteroatoms. The van der Waals surface area contributed by atoms with Crippen LogP contribution < -0.4 is 0 Å². The monoisotopic (exact) mass is 272 g/mol. The molecule has 0 N–H and O–H groups in total. The van der Waals surface area contributed by atoms with Gasteiger partial charge in [0.15, 0.2) is 5.82 Å². The van der Waals surface area contributed by atoms with E-state index in [-0.39, 0.29) is 0 Å². The minimum Gasteiger partial charge on any atom is -0.233 e. The number of rotatable bonds is 1. The summed E-state index contributed by atoms with van der Waals surface area (Å²) in [5.41, 5.74) is 1.55. The number of halogens is 3. The molecule has 2 nitrogen and oxygen atoms in total. The zero-order valence-electron chi connectivity index (χ0n) is 8.34. The van der Waals surface area contributed by atoms with Crippen molar-refractivity contribution in [3.63, 3.8) is 0 Å². The van der Waals surface area contributed by atoms with E-state index in [9.17, 15) is 0 Å². The summed E-state index contributed by atoms with van der Waals surface area (Å²) >= 11 is 17.7. The van der Waals surface area contributed by atoms with Crippen LogP contribution in [0.5, 0.6) is 0 Å². The maximum atomic E-state index is 5.91. The van der Waals surface area contributed by atoms with Gasteiger partial charge in [-0.05, 0) is 31.2 Å². The fourth-order valence-electron chi connectivity index (χ4n) is 1.34. The highest BCUT2D eigenvalue weighted by molar-refractivity contribution is 6.35. The van der Waals surface area contributed by atoms with E-state index >= 15 is 0 Å². The van der Waals surface area contributed by atoms with Crippen LogP contribution in [0.15, 0.2) is 24.3 Å². The lowest BCUT2D eigenvalue weighted by Gasteiger charge is -2.03. The van der Waals surface area contributed by atoms with Crippen molar-refractivity contribution in [1.29, 1.82) is 0 Å². The molecule has 0 unspecified atom stereocenters. The zero-order chi connectivity index (χ0) is 11.7. The highest BCUT2D eigenvalue weighted by atomic mass is 35.5. The molecule has 0 fully saturated rings. The molecule has 0 radical (unpaired) electrons. The first-order chi connectivity index (χ1) is 7.54. The first-order valence-electron chi connectivity index (χ1n) is 4.52. The summed E-state index contributed by atoms with van der Waals surface area (Å²) in [6.45, 7) is 1.85. The molecule has 1 heterocycles. The zero-order valence-corrected chi connectivity index (χ0v) is 10.6. The van der Waals surface area contributed by atoms with Crippen LogP contribution in [0.4, 0.5) is 0 Å². The van der Waals surface area contributed by atoms with Crippen molar-refractivity contribution in [2.24, 2.45) is 0 Å². The number of benzene rings is 1. The van der Waals surface area contributed by atoms with Gasteiger partial charge in [0.25, 0.3) is 0 Å². The van der Waals surface area contributed by atoms with E-state index in [0.29, 0.717) is 21.0 Å². The minimum atomic E-state index is 0.401. The van der Waals surface area contributed by atoms with Crippen molar-refractivity contribution in [3.8, 4) is 11.4 Å². The van der Waals surface area contributed by atoms with E-state index in [2.05, 4.69) is 9.97 Å². The van der Waals surface area contributed by atoms with Crippen molar-refractivity contribution in [3.05, 3.63) is 45.2 Å². The lowest BCUT2D eigenvalue weighted by atomic mass is 10.2. The number of hydrogen-bond acceptors (Lipinski definition) is 2. The summed E-state index contributed by atoms with van der Waals surface area (Å²) in [6.07, 6.45) is 0. The third kappa shape index (κ3) is 2.64. The Balaban J connectivity index is 2.57. The Bertz CT molecular complexity index is 451. The van der Waals surface area contributed by atoms with E-state index in [0.717, 1.165) is 11.3 Å². The number of aryl methyl sites for hydroxylation is 1. The molecule has 2 aromatic rings. The Labute approximate surface area is 108 Å². The van der Waals surface area contributed by atoms with Gasteiger partial charge in [-0.25, -0.2) is 9.97 Å². The number of nitrogens with zero attached hydrogens (tertiary/aromatic N) is 2. The van der Waals surface area contributed by atoms with Gasteiger partial charge in [0, 0.05) is 21.3 Å². The molecule has 0 spiro atoms. The molecular formula is C11H7Cl3N2. The summed E-state index contributed by atoms with van der Waals surface area (Å²) in [5, 5.41) is 1.49. The molecule has 1 aromatic heterocycles. The van der Waals surface area contributed by atoms with Crippen LogP contribution in [0, 0.1) is 6.92 Å². The van der Waals surface area contributed by atoms with Gasteiger partial charge >= 0.3 is 0 Å². The summed E-state index contributed by atoms with van der Waals surface area (Å²) in [5.74, 6) is 0.523. The Kier molecular flexibility index (Phi) is 3.33. The first-order valence-corrected chi connectivity index (χ1v) is 5.65. The van der Waals surface area contributed by atoms with Crippen LogP contribution in [-0.2, 0) is 0 Å². The molecule has 0 aliphatic heterocycles. The van der Waals surface area contributed by atoms with Crippen molar-refractivity contribution in [2.45, 2.75) is 6.92 Å². The fourth-order valence-corrected chi connectivity index (χ4v) is 2.11. The second-order valence-electron chi connectivity index (χ2n) is 3.31. The standard InChI is InChI=1S/C11H7Cl3N2/c1-6-2-10(14)16-11(15-6)7-3-8(12)5-9(13)4-7/h2-5H,1H3. The topological polar surface area (TPSA) is 25.8 Å². The van der Waals surface area contributed by atoms with Crippen molar-refractivity contribution >= 4 is 34.8 Å². The molecule has 0 atom stereocenters. The van der Waals surface area contributed by atoms with E-state index in [4.69, 9.17) is 34.8 Å². The van der Waals surface area contributed by atoms with Gasteiger partial charge in [-0.2, -0.15) is 0 Å². The van der Waals surface area contributed by atoms with Crippen molar-refractivity contribution < 1.29 is 0 Å². The highest BCUT2D eigenvalue weighted by Gasteiger charge is 2.06. The molecule has 0 aliphatic rings. The van der Waals surface area contributed by atoms with Gasteiger partial charge in [0.05, 0.1) is 0 Å². The van der Waals surface area contributed by atoms with Crippen molar-refractivity contribution in [2.75, 3.05) is 0 Å². The normalized spacial score (nSPS) is 10.5. The molecular weight excluding hydrogens is 266 g/mol. The van der Waals surface area contributed by atoms with Crippen LogP contribution in [0.3, 0.4) is 0 Å². The third-order valence-corrected chi connectivity index (χ3v) is 2.57. The second-order valence-corrected chi connectivity index (χ2v) is 4.57. The van der Waals surface area contributed by atoms with E-state index in [1.54, 1.807) is 24.3 Å². The van der Waals surface area contributed by atoms with Gasteiger partial charge in [0.2, 0.25) is 0 Å². The lowest BCUT2D eigenvalue weighted by molar-refractivity contribution is 1.11. The molecule has 0 bridgehead atoms. The number of hydrogen-bond donors (Lipinski definition) is 0. The van der Waals surface area contributed by atoms with E-state index in [1.165, 1.54) is 0 Å². The summed E-state index contributed by atoms with van der Waals surface area (Å²) in [7, 11) is 0. The smallest absolute Gasteiger partial charge is 0.161 e. The van der Waals surface area contributed by atoms with Crippen LogP contribution in [0.1, 0.15) is 5.69 Å². The van der Waals surface area contributed by atoms with Crippen LogP contribution >= 0.6 is 34.8 Å². The first kappa shape index (κ1) is 11.6. The van der Waals surface area contributed by atoms with Crippen LogP contribution in [-0.4, -0.2) is 9.97 Å². The molecule has 0 saturated heterocycles. The fraction of sp³-hybridized carbons (Fsp3) is 0.0909. The predicted molar refractivity (Wildman–Crippen MR) is 67.2 cm³/mol. The van der Waals surface area contributed by atoms with Crippen molar-refractivity contribution in [1.82, 2.24) is 9.97 Å². The Morgan fingerprint density at radius 3 is 2.06 bits per heavy atom. The number of aromatic nitrogens is 2. The predicted octanol–water partition coefficient (Wildman–Crippen LogP) is 4.41. The molecule has 2 rings (SSSR count). The largest absolute Gasteiger partial charge is 0.233 e. The summed E-state index contributed by atoms with van der Waals surface area (Å²) in [4.78, 5) is 8.40. The summed E-state index contributed by atoms with van der Waals surface area (Å²) < 4.78 is 0. The lowest BCUT2D eigenvalue weighted by Crippen LogP contribution is -1.92. The van der Waals surface area contributed by atoms with E-state index < -0.39 is 0 Å². The minimum absolute atomic E-state index is 0.401. The maximum absolute atomic E-state index is 5.91. The van der Waals surface area contributed by atoms with E-state index in [1.807, 2.05) is 6.92 Å². The van der Waals surface area contributed by atoms with Gasteiger partial charge < -0.3 is 0 Å².